The fourth-order valence-corrected chi connectivity index (χ4v) is 2.09. The minimum absolute atomic E-state index is 1.29. The molecule has 2 N–H and O–H groups in total. The summed E-state index contributed by atoms with van der Waals surface area (Å²) in [5.74, 6) is 0. The van der Waals surface area contributed by atoms with Crippen LogP contribution in [0.4, 0.5) is 4.79 Å². The molecule has 120 valence electrons. The highest BCUT2D eigenvalue weighted by molar-refractivity contribution is 5.53. The molecule has 0 bridgehead atoms. The third kappa shape index (κ3) is 30.2. The molecule has 0 saturated heterocycles. The second-order valence-electron chi connectivity index (χ2n) is 5.18. The van der Waals surface area contributed by atoms with Crippen LogP contribution in [0.2, 0.25) is 0 Å². The van der Waals surface area contributed by atoms with Gasteiger partial charge in [-0.15, -0.1) is 0 Å². The molecule has 0 aliphatic heterocycles. The first-order valence-corrected chi connectivity index (χ1v) is 8.18. The third-order valence-electron chi connectivity index (χ3n) is 3.21. The molecule has 20 heavy (non-hydrogen) atoms. The van der Waals surface area contributed by atoms with E-state index in [1.165, 1.54) is 77.0 Å². The predicted octanol–water partition coefficient (Wildman–Crippen LogP) is 6.49. The van der Waals surface area contributed by atoms with Gasteiger partial charge in [0, 0.05) is 0 Å². The fraction of sp³-hybridized carbons (Fsp3) is 0.824. The highest BCUT2D eigenvalue weighted by Gasteiger charge is 1.92. The van der Waals surface area contributed by atoms with Gasteiger partial charge < -0.3 is 10.2 Å². The monoisotopic (exact) mass is 286 g/mol. The smallest absolute Gasteiger partial charge is 0.450 e. The predicted molar refractivity (Wildman–Crippen MR) is 86.5 cm³/mol. The maximum atomic E-state index is 8.56. The maximum Gasteiger partial charge on any atom is 0.503 e. The molecular weight excluding hydrogens is 252 g/mol. The van der Waals surface area contributed by atoms with Gasteiger partial charge in [0.2, 0.25) is 0 Å². The van der Waals surface area contributed by atoms with E-state index in [0.717, 1.165) is 0 Å². The minimum Gasteiger partial charge on any atom is -0.450 e. The number of rotatable bonds is 12. The van der Waals surface area contributed by atoms with E-state index in [-0.39, 0.29) is 0 Å². The Bertz CT molecular complexity index is 208. The quantitative estimate of drug-likeness (QED) is 0.318. The first-order chi connectivity index (χ1) is 9.65. The Kier molecular flexibility index (Phi) is 21.7. The van der Waals surface area contributed by atoms with E-state index in [2.05, 4.69) is 26.0 Å². The van der Waals surface area contributed by atoms with E-state index in [4.69, 9.17) is 15.0 Å². The summed E-state index contributed by atoms with van der Waals surface area (Å²) in [7, 11) is 0. The van der Waals surface area contributed by atoms with Crippen molar-refractivity contribution < 1.29 is 15.0 Å². The summed E-state index contributed by atoms with van der Waals surface area (Å²) in [5.41, 5.74) is 0. The fourth-order valence-electron chi connectivity index (χ4n) is 2.09. The minimum atomic E-state index is -1.83. The van der Waals surface area contributed by atoms with E-state index in [1.807, 2.05) is 0 Å². The van der Waals surface area contributed by atoms with Gasteiger partial charge in [0.1, 0.15) is 0 Å². The van der Waals surface area contributed by atoms with E-state index in [1.54, 1.807) is 0 Å². The summed E-state index contributed by atoms with van der Waals surface area (Å²) < 4.78 is 0. The number of carboxylic acid groups (broad SMARTS) is 2. The molecule has 0 aliphatic carbocycles. The Balaban J connectivity index is 0. The van der Waals surface area contributed by atoms with Crippen molar-refractivity contribution in [2.45, 2.75) is 90.9 Å². The lowest BCUT2D eigenvalue weighted by Gasteiger charge is -2.01. The van der Waals surface area contributed by atoms with Crippen molar-refractivity contribution in [2.75, 3.05) is 0 Å². The molecule has 0 radical (unpaired) electrons. The van der Waals surface area contributed by atoms with Crippen LogP contribution < -0.4 is 0 Å². The summed E-state index contributed by atoms with van der Waals surface area (Å²) in [4.78, 5) is 8.56. The Morgan fingerprint density at radius 2 is 1.15 bits per heavy atom. The van der Waals surface area contributed by atoms with Gasteiger partial charge >= 0.3 is 6.16 Å². The molecule has 0 amide bonds. The lowest BCUT2D eigenvalue weighted by molar-refractivity contribution is 0.137. The Morgan fingerprint density at radius 1 is 0.800 bits per heavy atom. The summed E-state index contributed by atoms with van der Waals surface area (Å²) in [6, 6.07) is 0. The summed E-state index contributed by atoms with van der Waals surface area (Å²) >= 11 is 0. The summed E-state index contributed by atoms with van der Waals surface area (Å²) in [5, 5.41) is 13.9. The van der Waals surface area contributed by atoms with Crippen LogP contribution >= 0.6 is 0 Å². The van der Waals surface area contributed by atoms with E-state index < -0.39 is 6.16 Å². The zero-order chi connectivity index (χ0) is 15.5. The molecule has 0 heterocycles. The zero-order valence-electron chi connectivity index (χ0n) is 13.4. The van der Waals surface area contributed by atoms with Crippen LogP contribution in [-0.4, -0.2) is 16.4 Å². The average Bonchev–Trinajstić information content (AvgIpc) is 2.39. The largest absolute Gasteiger partial charge is 0.503 e. The lowest BCUT2D eigenvalue weighted by atomic mass is 10.1. The molecule has 0 rings (SSSR count). The van der Waals surface area contributed by atoms with Gasteiger partial charge in [-0.05, 0) is 19.8 Å². The molecule has 0 unspecified atom stereocenters. The van der Waals surface area contributed by atoms with Crippen LogP contribution in [0.1, 0.15) is 90.9 Å². The van der Waals surface area contributed by atoms with Crippen molar-refractivity contribution in [3.63, 3.8) is 0 Å². The van der Waals surface area contributed by atoms with E-state index in [0.29, 0.717) is 0 Å². The van der Waals surface area contributed by atoms with Crippen LogP contribution in [0.3, 0.4) is 0 Å². The van der Waals surface area contributed by atoms with Gasteiger partial charge in [0.25, 0.3) is 0 Å². The first-order valence-electron chi connectivity index (χ1n) is 8.18. The normalized spacial score (nSPS) is 10.3. The highest BCUT2D eigenvalue weighted by Crippen LogP contribution is 2.11. The average molecular weight is 286 g/mol. The number of hydrogen-bond donors (Lipinski definition) is 2. The molecule has 0 aromatic heterocycles. The Labute approximate surface area is 125 Å². The first kappa shape index (κ1) is 21.3. The molecule has 0 aromatic carbocycles. The highest BCUT2D eigenvalue weighted by atomic mass is 16.6. The van der Waals surface area contributed by atoms with E-state index in [9.17, 15) is 0 Å². The van der Waals surface area contributed by atoms with Crippen LogP contribution in [0.25, 0.3) is 0 Å². The molecule has 3 heteroatoms. The Hall–Kier alpha value is -0.990. The number of unbranched alkanes of at least 4 members (excludes halogenated alkanes) is 11. The van der Waals surface area contributed by atoms with Gasteiger partial charge in [-0.1, -0.05) is 83.3 Å². The van der Waals surface area contributed by atoms with Crippen LogP contribution in [0, 0.1) is 0 Å². The van der Waals surface area contributed by atoms with Gasteiger partial charge in [-0.25, -0.2) is 4.79 Å². The van der Waals surface area contributed by atoms with Gasteiger partial charge in [0.05, 0.1) is 0 Å². The second kappa shape index (κ2) is 20.3. The summed E-state index contributed by atoms with van der Waals surface area (Å²) in [6.45, 7) is 4.40. The molecule has 0 aromatic rings. The van der Waals surface area contributed by atoms with Crippen molar-refractivity contribution in [1.82, 2.24) is 0 Å². The Morgan fingerprint density at radius 3 is 1.50 bits per heavy atom. The molecule has 0 aliphatic rings. The number of hydrogen-bond acceptors (Lipinski definition) is 1. The van der Waals surface area contributed by atoms with Crippen molar-refractivity contribution in [1.29, 1.82) is 0 Å². The van der Waals surface area contributed by atoms with Crippen LogP contribution in [-0.2, 0) is 0 Å². The van der Waals surface area contributed by atoms with E-state index >= 15 is 0 Å². The third-order valence-corrected chi connectivity index (χ3v) is 3.21. The van der Waals surface area contributed by atoms with Gasteiger partial charge in [-0.3, -0.25) is 0 Å². The molecule has 3 nitrogen and oxygen atoms in total. The van der Waals surface area contributed by atoms with Crippen LogP contribution in [0.5, 0.6) is 0 Å². The van der Waals surface area contributed by atoms with Gasteiger partial charge in [0.15, 0.2) is 0 Å². The molecule has 0 spiro atoms. The molecule has 0 atom stereocenters. The molecule has 0 saturated carbocycles. The molecular formula is C17H34O3. The topological polar surface area (TPSA) is 57.5 Å². The standard InChI is InChI=1S/C16H32.CH2O3/c1-3-5-7-9-11-13-15-16-14-12-10-8-6-4-2;2-1(3)4/h3,5H,4,6-16H2,1-2H3;(H2,2,3,4). The second-order valence-corrected chi connectivity index (χ2v) is 5.18. The SMILES string of the molecule is CC=CCCCCCCCCCCCCC.O=C(O)O. The van der Waals surface area contributed by atoms with Crippen molar-refractivity contribution in [3.8, 4) is 0 Å². The molecule has 0 fully saturated rings. The van der Waals surface area contributed by atoms with Crippen LogP contribution in [0.15, 0.2) is 12.2 Å². The zero-order valence-corrected chi connectivity index (χ0v) is 13.4. The van der Waals surface area contributed by atoms with Crippen molar-refractivity contribution in [2.24, 2.45) is 0 Å². The number of carbonyl (C=O) groups is 1. The summed E-state index contributed by atoms with van der Waals surface area (Å²) in [6.07, 6.45) is 19.8. The lowest BCUT2D eigenvalue weighted by Crippen LogP contribution is -1.81. The van der Waals surface area contributed by atoms with Crippen molar-refractivity contribution >= 4 is 6.16 Å². The van der Waals surface area contributed by atoms with Gasteiger partial charge in [-0.2, -0.15) is 0 Å². The van der Waals surface area contributed by atoms with Crippen molar-refractivity contribution in [3.05, 3.63) is 12.2 Å². The maximum absolute atomic E-state index is 8.56. The number of allylic oxidation sites excluding steroid dienone is 2.